The van der Waals surface area contributed by atoms with Crippen LogP contribution in [0.4, 0.5) is 0 Å². The van der Waals surface area contributed by atoms with E-state index in [1.54, 1.807) is 0 Å². The molecule has 0 fully saturated rings. The van der Waals surface area contributed by atoms with E-state index in [0.29, 0.717) is 0 Å². The topological polar surface area (TPSA) is 30.7 Å². The normalized spacial score (nSPS) is 11.2. The number of benzene rings is 1. The maximum atomic E-state index is 4.73. The molecule has 3 nitrogen and oxygen atoms in total. The van der Waals surface area contributed by atoms with E-state index in [0.717, 1.165) is 30.6 Å². The van der Waals surface area contributed by atoms with Crippen molar-refractivity contribution in [2.45, 2.75) is 40.2 Å². The maximum Gasteiger partial charge on any atom is 0.0708 e. The van der Waals surface area contributed by atoms with Gasteiger partial charge in [0.05, 0.1) is 17.8 Å². The van der Waals surface area contributed by atoms with Crippen molar-refractivity contribution in [3.8, 4) is 0 Å². The minimum absolute atomic E-state index is 0.813. The second kappa shape index (κ2) is 5.68. The molecule has 0 radical (unpaired) electrons. The maximum absolute atomic E-state index is 4.73. The van der Waals surface area contributed by atoms with Crippen LogP contribution in [0.25, 0.3) is 10.9 Å². The van der Waals surface area contributed by atoms with Gasteiger partial charge in [0, 0.05) is 16.8 Å². The number of hydrogen-bond acceptors (Lipinski definition) is 2. The first-order valence-corrected chi connectivity index (χ1v) is 7.62. The SMILES string of the molecule is CCc1cc(CC)n(Cc2cc(C)nc3ccccc23)n1. The second-order valence-corrected chi connectivity index (χ2v) is 5.43. The molecule has 0 amide bonds. The molecule has 21 heavy (non-hydrogen) atoms. The second-order valence-electron chi connectivity index (χ2n) is 5.43. The third-order valence-corrected chi connectivity index (χ3v) is 3.89. The van der Waals surface area contributed by atoms with Crippen molar-refractivity contribution in [2.75, 3.05) is 0 Å². The summed E-state index contributed by atoms with van der Waals surface area (Å²) in [6.07, 6.45) is 1.99. The summed E-state index contributed by atoms with van der Waals surface area (Å²) in [5.74, 6) is 0. The van der Waals surface area contributed by atoms with Gasteiger partial charge >= 0.3 is 0 Å². The van der Waals surface area contributed by atoms with Crippen molar-refractivity contribution in [2.24, 2.45) is 0 Å². The summed E-state index contributed by atoms with van der Waals surface area (Å²) in [5.41, 5.74) is 5.88. The van der Waals surface area contributed by atoms with Gasteiger partial charge in [-0.1, -0.05) is 32.0 Å². The van der Waals surface area contributed by atoms with Gasteiger partial charge in [-0.2, -0.15) is 5.10 Å². The van der Waals surface area contributed by atoms with Gasteiger partial charge in [-0.25, -0.2) is 0 Å². The van der Waals surface area contributed by atoms with Crippen molar-refractivity contribution in [3.63, 3.8) is 0 Å². The molecule has 0 saturated carbocycles. The summed E-state index contributed by atoms with van der Waals surface area (Å²) in [5, 5.41) is 5.95. The molecule has 0 unspecified atom stereocenters. The monoisotopic (exact) mass is 279 g/mol. The largest absolute Gasteiger partial charge is 0.265 e. The van der Waals surface area contributed by atoms with Crippen LogP contribution in [-0.4, -0.2) is 14.8 Å². The van der Waals surface area contributed by atoms with E-state index in [1.807, 2.05) is 6.07 Å². The minimum Gasteiger partial charge on any atom is -0.265 e. The molecule has 3 heteroatoms. The first-order chi connectivity index (χ1) is 10.2. The van der Waals surface area contributed by atoms with Crippen LogP contribution in [0.2, 0.25) is 0 Å². The minimum atomic E-state index is 0.813. The van der Waals surface area contributed by atoms with E-state index >= 15 is 0 Å². The van der Waals surface area contributed by atoms with Crippen molar-refractivity contribution in [3.05, 3.63) is 59.0 Å². The van der Waals surface area contributed by atoms with Gasteiger partial charge in [0.1, 0.15) is 0 Å². The lowest BCUT2D eigenvalue weighted by atomic mass is 10.1. The van der Waals surface area contributed by atoms with Gasteiger partial charge in [-0.15, -0.1) is 0 Å². The predicted molar refractivity (Wildman–Crippen MR) is 86.6 cm³/mol. The average molecular weight is 279 g/mol. The van der Waals surface area contributed by atoms with E-state index in [1.165, 1.54) is 22.3 Å². The van der Waals surface area contributed by atoms with E-state index in [-0.39, 0.29) is 0 Å². The number of aryl methyl sites for hydroxylation is 3. The molecule has 1 aromatic carbocycles. The van der Waals surface area contributed by atoms with Crippen LogP contribution in [0.5, 0.6) is 0 Å². The number of fused-ring (bicyclic) bond motifs is 1. The number of hydrogen-bond donors (Lipinski definition) is 0. The molecule has 0 aliphatic carbocycles. The summed E-state index contributed by atoms with van der Waals surface area (Å²) in [7, 11) is 0. The Morgan fingerprint density at radius 3 is 2.62 bits per heavy atom. The van der Waals surface area contributed by atoms with E-state index in [2.05, 4.69) is 60.8 Å². The Labute approximate surface area is 125 Å². The van der Waals surface area contributed by atoms with Crippen molar-refractivity contribution >= 4 is 10.9 Å². The zero-order valence-corrected chi connectivity index (χ0v) is 12.9. The molecule has 3 aromatic rings. The van der Waals surface area contributed by atoms with Crippen molar-refractivity contribution in [1.82, 2.24) is 14.8 Å². The number of rotatable bonds is 4. The summed E-state index contributed by atoms with van der Waals surface area (Å²) in [6, 6.07) is 12.7. The fourth-order valence-electron chi connectivity index (χ4n) is 2.80. The molecule has 0 saturated heterocycles. The Balaban J connectivity index is 2.07. The molecule has 0 N–H and O–H groups in total. The predicted octanol–water partition coefficient (Wildman–Crippen LogP) is 3.91. The molecule has 0 aliphatic rings. The van der Waals surface area contributed by atoms with Crippen molar-refractivity contribution in [1.29, 1.82) is 0 Å². The number of pyridine rings is 1. The lowest BCUT2D eigenvalue weighted by Gasteiger charge is -2.10. The fourth-order valence-corrected chi connectivity index (χ4v) is 2.80. The Hall–Kier alpha value is -2.16. The molecular formula is C18H21N3. The van der Waals surface area contributed by atoms with Crippen LogP contribution < -0.4 is 0 Å². The van der Waals surface area contributed by atoms with Gasteiger partial charge in [0.15, 0.2) is 0 Å². The van der Waals surface area contributed by atoms with Crippen LogP contribution in [0.1, 0.15) is 36.5 Å². The first-order valence-electron chi connectivity index (χ1n) is 7.62. The summed E-state index contributed by atoms with van der Waals surface area (Å²) < 4.78 is 2.14. The molecule has 3 rings (SSSR count). The van der Waals surface area contributed by atoms with E-state index in [9.17, 15) is 0 Å². The van der Waals surface area contributed by atoms with Gasteiger partial charge in [-0.3, -0.25) is 9.67 Å². The molecule has 108 valence electrons. The molecule has 0 aliphatic heterocycles. The summed E-state index contributed by atoms with van der Waals surface area (Å²) in [4.78, 5) is 4.61. The Kier molecular flexibility index (Phi) is 3.74. The third-order valence-electron chi connectivity index (χ3n) is 3.89. The van der Waals surface area contributed by atoms with Crippen LogP contribution >= 0.6 is 0 Å². The summed E-state index contributed by atoms with van der Waals surface area (Å²) in [6.45, 7) is 7.20. The lowest BCUT2D eigenvalue weighted by Crippen LogP contribution is -2.07. The quantitative estimate of drug-likeness (QED) is 0.725. The van der Waals surface area contributed by atoms with Gasteiger partial charge in [-0.05, 0) is 43.5 Å². The Morgan fingerprint density at radius 2 is 1.86 bits per heavy atom. The molecule has 2 heterocycles. The highest BCUT2D eigenvalue weighted by molar-refractivity contribution is 5.82. The highest BCUT2D eigenvalue weighted by Crippen LogP contribution is 2.20. The highest BCUT2D eigenvalue weighted by atomic mass is 15.3. The van der Waals surface area contributed by atoms with Gasteiger partial charge < -0.3 is 0 Å². The molecular weight excluding hydrogens is 258 g/mol. The standard InChI is InChI=1S/C18H21N3/c1-4-15-11-16(5-2)21(20-15)12-14-10-13(3)19-18-9-7-6-8-17(14)18/h6-11H,4-5,12H2,1-3H3. The smallest absolute Gasteiger partial charge is 0.0708 e. The molecule has 0 atom stereocenters. The zero-order valence-electron chi connectivity index (χ0n) is 12.9. The molecule has 0 spiro atoms. The first kappa shape index (κ1) is 13.8. The number of nitrogens with zero attached hydrogens (tertiary/aromatic N) is 3. The highest BCUT2D eigenvalue weighted by Gasteiger charge is 2.09. The lowest BCUT2D eigenvalue weighted by molar-refractivity contribution is 0.642. The van der Waals surface area contributed by atoms with E-state index < -0.39 is 0 Å². The molecule has 0 bridgehead atoms. The number of para-hydroxylation sites is 1. The zero-order chi connectivity index (χ0) is 14.8. The van der Waals surface area contributed by atoms with Crippen LogP contribution in [0, 0.1) is 6.92 Å². The van der Waals surface area contributed by atoms with Gasteiger partial charge in [0.2, 0.25) is 0 Å². The van der Waals surface area contributed by atoms with E-state index in [4.69, 9.17) is 5.10 Å². The average Bonchev–Trinajstić information content (AvgIpc) is 2.89. The summed E-state index contributed by atoms with van der Waals surface area (Å²) >= 11 is 0. The van der Waals surface area contributed by atoms with Crippen molar-refractivity contribution < 1.29 is 0 Å². The van der Waals surface area contributed by atoms with Gasteiger partial charge in [0.25, 0.3) is 0 Å². The Morgan fingerprint density at radius 1 is 1.05 bits per heavy atom. The van der Waals surface area contributed by atoms with Crippen LogP contribution in [0.3, 0.4) is 0 Å². The number of aromatic nitrogens is 3. The Bertz CT molecular complexity index is 771. The molecule has 2 aromatic heterocycles. The van der Waals surface area contributed by atoms with Crippen LogP contribution in [-0.2, 0) is 19.4 Å². The fraction of sp³-hybridized carbons (Fsp3) is 0.333. The van der Waals surface area contributed by atoms with Crippen LogP contribution in [0.15, 0.2) is 36.4 Å². The third kappa shape index (κ3) is 2.68.